The number of likely N-dealkylation sites (N-methyl/N-ethyl adjacent to an activating group) is 2. The summed E-state index contributed by atoms with van der Waals surface area (Å²) in [6, 6.07) is 6.21. The SMILES string of the molecule is CCOC(=O)CN(C)C(=O)C(N)[C@@H]1C[C@@H]2c3cccc4[nH]cc(c34)C[C@H]2N(C)C1. The number of nitrogens with two attached hydrogens (primary N) is 1. The molecule has 0 saturated carbocycles. The number of hydrogen-bond acceptors (Lipinski definition) is 5. The average Bonchev–Trinajstić information content (AvgIpc) is 3.12. The van der Waals surface area contributed by atoms with Gasteiger partial charge in [0.15, 0.2) is 0 Å². The van der Waals surface area contributed by atoms with Gasteiger partial charge in [0.1, 0.15) is 6.54 Å². The Morgan fingerprint density at radius 1 is 1.41 bits per heavy atom. The van der Waals surface area contributed by atoms with Crippen LogP contribution in [0.4, 0.5) is 0 Å². The number of ether oxygens (including phenoxy) is 1. The van der Waals surface area contributed by atoms with Crippen LogP contribution in [-0.2, 0) is 20.7 Å². The Hall–Kier alpha value is -2.38. The van der Waals surface area contributed by atoms with E-state index in [2.05, 4.69) is 41.3 Å². The Morgan fingerprint density at radius 2 is 2.21 bits per heavy atom. The van der Waals surface area contributed by atoms with Crippen LogP contribution in [0, 0.1) is 5.92 Å². The molecule has 1 amide bonds. The first-order valence-electron chi connectivity index (χ1n) is 10.4. The number of carbonyl (C=O) groups excluding carboxylic acids is 2. The van der Waals surface area contributed by atoms with E-state index in [4.69, 9.17) is 10.5 Å². The van der Waals surface area contributed by atoms with Gasteiger partial charge in [0.05, 0.1) is 12.6 Å². The minimum atomic E-state index is -0.635. The van der Waals surface area contributed by atoms with Crippen LogP contribution in [0.1, 0.15) is 30.4 Å². The molecular formula is C22H30N4O3. The second-order valence-corrected chi connectivity index (χ2v) is 8.42. The first-order valence-corrected chi connectivity index (χ1v) is 10.4. The highest BCUT2D eigenvalue weighted by atomic mass is 16.5. The maximum atomic E-state index is 12.9. The van der Waals surface area contributed by atoms with Gasteiger partial charge in [-0.25, -0.2) is 0 Å². The van der Waals surface area contributed by atoms with Crippen molar-refractivity contribution in [2.24, 2.45) is 11.7 Å². The van der Waals surface area contributed by atoms with Crippen molar-refractivity contribution < 1.29 is 14.3 Å². The van der Waals surface area contributed by atoms with Gasteiger partial charge in [-0.05, 0) is 49.9 Å². The molecule has 3 N–H and O–H groups in total. The summed E-state index contributed by atoms with van der Waals surface area (Å²) in [6.45, 7) is 2.76. The standard InChI is InChI=1S/C22H30N4O3/c1-4-29-19(27)12-26(3)22(28)21(23)14-8-16-15-6-5-7-17-20(15)13(10-24-17)9-18(16)25(2)11-14/h5-7,10,14,16,18,21,24H,4,8-9,11-12,23H2,1-3H3/t14-,16-,18-,21?/m1/s1. The third kappa shape index (κ3) is 3.53. The van der Waals surface area contributed by atoms with E-state index in [0.29, 0.717) is 18.6 Å². The largest absolute Gasteiger partial charge is 0.465 e. The maximum absolute atomic E-state index is 12.9. The molecular weight excluding hydrogens is 368 g/mol. The lowest BCUT2D eigenvalue weighted by Crippen LogP contribution is -2.56. The van der Waals surface area contributed by atoms with Crippen molar-refractivity contribution >= 4 is 22.8 Å². The number of aromatic nitrogens is 1. The van der Waals surface area contributed by atoms with E-state index in [1.807, 2.05) is 0 Å². The second kappa shape index (κ2) is 7.80. The van der Waals surface area contributed by atoms with Crippen molar-refractivity contribution in [3.05, 3.63) is 35.5 Å². The Morgan fingerprint density at radius 3 is 2.97 bits per heavy atom. The van der Waals surface area contributed by atoms with E-state index in [1.165, 1.54) is 26.9 Å². The smallest absolute Gasteiger partial charge is 0.325 e. The Kier molecular flexibility index (Phi) is 5.36. The highest BCUT2D eigenvalue weighted by molar-refractivity contribution is 5.88. The molecule has 0 spiro atoms. The van der Waals surface area contributed by atoms with Crippen molar-refractivity contribution in [1.29, 1.82) is 0 Å². The number of H-pyrrole nitrogens is 1. The summed E-state index contributed by atoms with van der Waals surface area (Å²) in [7, 11) is 3.74. The van der Waals surface area contributed by atoms with Crippen LogP contribution in [0.5, 0.6) is 0 Å². The number of benzene rings is 1. The van der Waals surface area contributed by atoms with Crippen LogP contribution in [0.15, 0.2) is 24.4 Å². The van der Waals surface area contributed by atoms with Crippen molar-refractivity contribution in [3.63, 3.8) is 0 Å². The van der Waals surface area contributed by atoms with Crippen molar-refractivity contribution in [3.8, 4) is 0 Å². The lowest BCUT2D eigenvalue weighted by Gasteiger charge is -2.47. The van der Waals surface area contributed by atoms with E-state index in [1.54, 1.807) is 14.0 Å². The molecule has 1 saturated heterocycles. The zero-order valence-electron chi connectivity index (χ0n) is 17.4. The number of hydrogen-bond donors (Lipinski definition) is 2. The van der Waals surface area contributed by atoms with Crippen LogP contribution in [0.2, 0.25) is 0 Å². The quantitative estimate of drug-likeness (QED) is 0.745. The molecule has 1 aliphatic heterocycles. The fourth-order valence-electron chi connectivity index (χ4n) is 5.18. The topological polar surface area (TPSA) is 91.7 Å². The Labute approximate surface area is 171 Å². The number of nitrogens with zero attached hydrogens (tertiary/aromatic N) is 2. The molecule has 156 valence electrons. The summed E-state index contributed by atoms with van der Waals surface area (Å²) in [4.78, 5) is 31.7. The molecule has 0 radical (unpaired) electrons. The molecule has 0 bridgehead atoms. The van der Waals surface area contributed by atoms with E-state index in [0.717, 1.165) is 19.4 Å². The molecule has 29 heavy (non-hydrogen) atoms. The number of aromatic amines is 1. The first kappa shape index (κ1) is 19.9. The molecule has 1 fully saturated rings. The summed E-state index contributed by atoms with van der Waals surface area (Å²) in [5.74, 6) is -0.226. The lowest BCUT2D eigenvalue weighted by molar-refractivity contribution is -0.149. The van der Waals surface area contributed by atoms with Gasteiger partial charge >= 0.3 is 5.97 Å². The van der Waals surface area contributed by atoms with Crippen LogP contribution >= 0.6 is 0 Å². The fraction of sp³-hybridized carbons (Fsp3) is 0.545. The molecule has 7 heteroatoms. The molecule has 2 heterocycles. The highest BCUT2D eigenvalue weighted by Crippen LogP contribution is 2.44. The van der Waals surface area contributed by atoms with E-state index < -0.39 is 12.0 Å². The molecule has 4 rings (SSSR count). The molecule has 2 aromatic rings. The minimum Gasteiger partial charge on any atom is -0.465 e. The normalized spacial score (nSPS) is 24.8. The van der Waals surface area contributed by atoms with Gasteiger partial charge in [-0.15, -0.1) is 0 Å². The van der Waals surface area contributed by atoms with Gasteiger partial charge in [-0.2, -0.15) is 0 Å². The number of fused-ring (bicyclic) bond motifs is 2. The minimum absolute atomic E-state index is 0.0362. The van der Waals surface area contributed by atoms with Gasteiger partial charge in [-0.3, -0.25) is 9.59 Å². The summed E-state index contributed by atoms with van der Waals surface area (Å²) in [6.07, 6.45) is 4.01. The van der Waals surface area contributed by atoms with Gasteiger partial charge < -0.3 is 25.3 Å². The number of rotatable bonds is 5. The summed E-state index contributed by atoms with van der Waals surface area (Å²) in [5.41, 5.74) is 10.3. The molecule has 2 aliphatic rings. The number of esters is 1. The predicted molar refractivity (Wildman–Crippen MR) is 112 cm³/mol. The first-order chi connectivity index (χ1) is 13.9. The summed E-state index contributed by atoms with van der Waals surface area (Å²) >= 11 is 0. The van der Waals surface area contributed by atoms with E-state index >= 15 is 0 Å². The average molecular weight is 399 g/mol. The van der Waals surface area contributed by atoms with E-state index in [9.17, 15) is 9.59 Å². The van der Waals surface area contributed by atoms with Crippen molar-refractivity contribution in [2.45, 2.75) is 37.8 Å². The zero-order valence-corrected chi connectivity index (χ0v) is 17.4. The number of carbonyl (C=O) groups is 2. The van der Waals surface area contributed by atoms with Crippen LogP contribution in [0.25, 0.3) is 10.9 Å². The Bertz CT molecular complexity index is 924. The molecule has 7 nitrogen and oxygen atoms in total. The number of amides is 1. The van der Waals surface area contributed by atoms with Crippen LogP contribution in [0.3, 0.4) is 0 Å². The molecule has 1 aliphatic carbocycles. The maximum Gasteiger partial charge on any atom is 0.325 e. The molecule has 4 atom stereocenters. The van der Waals surface area contributed by atoms with Gasteiger partial charge in [0, 0.05) is 42.7 Å². The predicted octanol–water partition coefficient (Wildman–Crippen LogP) is 1.48. The zero-order chi connectivity index (χ0) is 20.7. The number of likely N-dealkylation sites (tertiary alicyclic amines) is 1. The van der Waals surface area contributed by atoms with Crippen LogP contribution < -0.4 is 5.73 Å². The molecule has 1 aromatic carbocycles. The number of nitrogens with one attached hydrogen (secondary N) is 1. The van der Waals surface area contributed by atoms with Gasteiger partial charge in [-0.1, -0.05) is 12.1 Å². The second-order valence-electron chi connectivity index (χ2n) is 8.42. The summed E-state index contributed by atoms with van der Waals surface area (Å²) < 4.78 is 4.95. The fourth-order valence-corrected chi connectivity index (χ4v) is 5.18. The van der Waals surface area contributed by atoms with Gasteiger partial charge in [0.25, 0.3) is 0 Å². The van der Waals surface area contributed by atoms with Crippen molar-refractivity contribution in [2.75, 3.05) is 33.8 Å². The Balaban J connectivity index is 1.53. The van der Waals surface area contributed by atoms with Crippen LogP contribution in [-0.4, -0.2) is 72.5 Å². The monoisotopic (exact) mass is 398 g/mol. The number of piperidine rings is 1. The summed E-state index contributed by atoms with van der Waals surface area (Å²) in [5, 5.41) is 1.34. The molecule has 1 unspecified atom stereocenters. The third-order valence-electron chi connectivity index (χ3n) is 6.60. The highest BCUT2D eigenvalue weighted by Gasteiger charge is 2.42. The van der Waals surface area contributed by atoms with Gasteiger partial charge in [0.2, 0.25) is 5.91 Å². The lowest BCUT2D eigenvalue weighted by atomic mass is 9.71. The van der Waals surface area contributed by atoms with Crippen molar-refractivity contribution in [1.82, 2.24) is 14.8 Å². The van der Waals surface area contributed by atoms with E-state index in [-0.39, 0.29) is 18.4 Å². The third-order valence-corrected chi connectivity index (χ3v) is 6.60. The molecule has 1 aromatic heterocycles.